The van der Waals surface area contributed by atoms with Gasteiger partial charge < -0.3 is 10.1 Å². The van der Waals surface area contributed by atoms with Crippen molar-refractivity contribution in [2.45, 2.75) is 50.7 Å². The summed E-state index contributed by atoms with van der Waals surface area (Å²) >= 11 is 12.4. The molecule has 2 aliphatic heterocycles. The molecule has 0 aromatic heterocycles. The van der Waals surface area contributed by atoms with E-state index in [1.165, 1.54) is 43.3 Å². The first-order valence-corrected chi connectivity index (χ1v) is 15.3. The topological polar surface area (TPSA) is 162 Å². The van der Waals surface area contributed by atoms with Crippen molar-refractivity contribution in [3.8, 4) is 0 Å². The van der Waals surface area contributed by atoms with Gasteiger partial charge in [0.25, 0.3) is 11.6 Å². The fourth-order valence-corrected chi connectivity index (χ4v) is 7.37. The van der Waals surface area contributed by atoms with Gasteiger partial charge in [-0.05, 0) is 42.7 Å². The van der Waals surface area contributed by atoms with Gasteiger partial charge in [-0.25, -0.2) is 9.18 Å². The van der Waals surface area contributed by atoms with Crippen molar-refractivity contribution in [1.29, 1.82) is 0 Å². The highest BCUT2D eigenvalue weighted by Crippen LogP contribution is 2.59. The fraction of sp³-hybridized carbons (Fsp3) is 0.344. The number of esters is 1. The molecule has 47 heavy (non-hydrogen) atoms. The molecule has 0 aliphatic carbocycles. The van der Waals surface area contributed by atoms with Crippen LogP contribution in [0.4, 0.5) is 15.8 Å². The molecule has 0 radical (unpaired) electrons. The molecule has 2 aliphatic rings. The predicted molar refractivity (Wildman–Crippen MR) is 170 cm³/mol. The van der Waals surface area contributed by atoms with Crippen molar-refractivity contribution < 1.29 is 33.4 Å². The van der Waals surface area contributed by atoms with Crippen LogP contribution in [-0.4, -0.2) is 58.1 Å². The van der Waals surface area contributed by atoms with Gasteiger partial charge in [0, 0.05) is 45.8 Å². The van der Waals surface area contributed by atoms with Gasteiger partial charge in [0.15, 0.2) is 5.78 Å². The van der Waals surface area contributed by atoms with Gasteiger partial charge >= 0.3 is 5.97 Å². The molecule has 15 heteroatoms. The highest BCUT2D eigenvalue weighted by Gasteiger charge is 2.71. The average Bonchev–Trinajstić information content (AvgIpc) is 3.44. The Morgan fingerprint density at radius 1 is 1.11 bits per heavy atom. The minimum Gasteiger partial charge on any atom is -0.465 e. The Hall–Kier alpha value is -4.46. The van der Waals surface area contributed by atoms with E-state index in [1.54, 1.807) is 11.0 Å². The van der Waals surface area contributed by atoms with E-state index < -0.39 is 69.0 Å². The quantitative estimate of drug-likeness (QED) is 0.117. The lowest BCUT2D eigenvalue weighted by Crippen LogP contribution is -2.53. The number of nitro benzene ring substituents is 1. The largest absolute Gasteiger partial charge is 0.465 e. The predicted octanol–water partition coefficient (Wildman–Crippen LogP) is 6.33. The third-order valence-corrected chi connectivity index (χ3v) is 9.31. The molecule has 5 rings (SSSR count). The minimum atomic E-state index is -1.91. The minimum absolute atomic E-state index is 0.0405. The Balaban J connectivity index is 1.77. The van der Waals surface area contributed by atoms with E-state index in [-0.39, 0.29) is 50.4 Å². The third-order valence-electron chi connectivity index (χ3n) is 8.79. The number of fused-ring (bicyclic) bond motifs is 2. The van der Waals surface area contributed by atoms with Gasteiger partial charge in [-0.3, -0.25) is 34.7 Å². The second kappa shape index (κ2) is 12.6. The van der Waals surface area contributed by atoms with E-state index in [2.05, 4.69) is 5.32 Å². The normalized spacial score (nSPS) is 22.0. The summed E-state index contributed by atoms with van der Waals surface area (Å²) in [7, 11) is 1.11. The molecular weight excluding hydrogens is 658 g/mol. The van der Waals surface area contributed by atoms with Crippen LogP contribution in [0, 0.1) is 38.9 Å². The van der Waals surface area contributed by atoms with Gasteiger partial charge in [0.2, 0.25) is 6.04 Å². The molecule has 0 unspecified atom stereocenters. The highest BCUT2D eigenvalue weighted by atomic mass is 35.5. The Morgan fingerprint density at radius 3 is 2.43 bits per heavy atom. The number of benzene rings is 3. The van der Waals surface area contributed by atoms with E-state index in [0.29, 0.717) is 5.56 Å². The maximum absolute atomic E-state index is 16.0. The number of ether oxygens (including phenoxy) is 1. The summed E-state index contributed by atoms with van der Waals surface area (Å²) in [6.45, 7) is 5.14. The number of aryl methyl sites for hydroxylation is 1. The van der Waals surface area contributed by atoms with Crippen molar-refractivity contribution in [3.63, 3.8) is 0 Å². The smallest absolute Gasteiger partial charge is 0.338 e. The molecule has 1 amide bonds. The van der Waals surface area contributed by atoms with Crippen LogP contribution in [0.15, 0.2) is 48.5 Å². The van der Waals surface area contributed by atoms with Gasteiger partial charge in [0.1, 0.15) is 11.4 Å². The second-order valence-electron chi connectivity index (χ2n) is 12.0. The van der Waals surface area contributed by atoms with Gasteiger partial charge in [-0.2, -0.15) is 0 Å². The molecule has 0 bridgehead atoms. The number of ketones is 1. The van der Waals surface area contributed by atoms with E-state index in [1.807, 2.05) is 13.8 Å². The molecule has 1 spiro atoms. The standard InChI is InChI=1S/C32H29Cl2FN4O8/c1-15(2)14-37-25(13-26(40)20-10-16(3)19(30(41)47-4)12-24(20)38(43)44)29(39(45)46)27(18-6-5-7-22(34)28(18)35)32(37)21-9-8-17(33)11-23(21)36-31(32)42/h5-12,15,25,27,29H,13-14H2,1-4H3,(H,36,42)/t25-,27-,29+,32+/m0/s1. The van der Waals surface area contributed by atoms with Crippen LogP contribution in [0.5, 0.6) is 0 Å². The number of hydrogen-bond acceptors (Lipinski definition) is 9. The highest BCUT2D eigenvalue weighted by molar-refractivity contribution is 6.31. The van der Waals surface area contributed by atoms with Crippen LogP contribution in [0.1, 0.15) is 63.6 Å². The lowest BCUT2D eigenvalue weighted by molar-refractivity contribution is -0.528. The monoisotopic (exact) mass is 686 g/mol. The van der Waals surface area contributed by atoms with Crippen LogP contribution < -0.4 is 5.32 Å². The van der Waals surface area contributed by atoms with E-state index in [4.69, 9.17) is 27.9 Å². The summed E-state index contributed by atoms with van der Waals surface area (Å²) in [5.74, 6) is -5.07. The molecule has 1 saturated heterocycles. The number of amides is 1. The number of likely N-dealkylation sites (tertiary alicyclic amines) is 1. The Morgan fingerprint density at radius 2 is 1.81 bits per heavy atom. The van der Waals surface area contributed by atoms with Crippen LogP contribution >= 0.6 is 23.2 Å². The SMILES string of the molecule is COC(=O)c1cc([N+](=O)[O-])c(C(=O)C[C@H]2[C@@H]([N+](=O)[O-])[C@H](c3cccc(Cl)c3F)[C@]3(C(=O)Nc4cc(Cl)ccc43)N2CC(C)C)cc1C. The van der Waals surface area contributed by atoms with Crippen LogP contribution in [0.25, 0.3) is 0 Å². The van der Waals surface area contributed by atoms with Crippen molar-refractivity contribution in [1.82, 2.24) is 4.90 Å². The number of halogens is 3. The molecule has 4 atom stereocenters. The Kier molecular flexibility index (Phi) is 9.10. The Bertz CT molecular complexity index is 1850. The summed E-state index contributed by atoms with van der Waals surface area (Å²) in [4.78, 5) is 66.0. The molecular formula is C32H29Cl2FN4O8. The molecule has 3 aromatic carbocycles. The van der Waals surface area contributed by atoms with E-state index >= 15 is 4.39 Å². The van der Waals surface area contributed by atoms with Crippen LogP contribution in [0.2, 0.25) is 10.0 Å². The zero-order valence-corrected chi connectivity index (χ0v) is 27.1. The zero-order chi connectivity index (χ0) is 34.5. The lowest BCUT2D eigenvalue weighted by atomic mass is 9.73. The first-order chi connectivity index (χ1) is 22.1. The zero-order valence-electron chi connectivity index (χ0n) is 25.6. The number of nitro groups is 2. The molecule has 3 aromatic rings. The fourth-order valence-electron chi connectivity index (χ4n) is 7.02. The van der Waals surface area contributed by atoms with Crippen LogP contribution in [-0.2, 0) is 15.1 Å². The van der Waals surface area contributed by atoms with Crippen molar-refractivity contribution in [2.75, 3.05) is 19.0 Å². The van der Waals surface area contributed by atoms with Crippen molar-refractivity contribution in [3.05, 3.63) is 112 Å². The molecule has 12 nitrogen and oxygen atoms in total. The van der Waals surface area contributed by atoms with Gasteiger partial charge in [-0.15, -0.1) is 0 Å². The van der Waals surface area contributed by atoms with Gasteiger partial charge in [0.05, 0.1) is 40.1 Å². The Labute approximate surface area is 278 Å². The molecule has 1 fully saturated rings. The van der Waals surface area contributed by atoms with Crippen molar-refractivity contribution in [2.24, 2.45) is 5.92 Å². The number of nitrogens with zero attached hydrogens (tertiary/aromatic N) is 3. The molecule has 246 valence electrons. The maximum Gasteiger partial charge on any atom is 0.338 e. The van der Waals surface area contributed by atoms with Gasteiger partial charge in [-0.1, -0.05) is 55.2 Å². The van der Waals surface area contributed by atoms with Crippen LogP contribution in [0.3, 0.4) is 0 Å². The second-order valence-corrected chi connectivity index (χ2v) is 12.8. The first kappa shape index (κ1) is 33.9. The number of Topliss-reactive ketones (excluding diaryl/α,β-unsaturated/α-hetero) is 1. The summed E-state index contributed by atoms with van der Waals surface area (Å²) in [5.41, 5.74) is -2.56. The maximum atomic E-state index is 16.0. The summed E-state index contributed by atoms with van der Waals surface area (Å²) in [6.07, 6.45) is -0.660. The molecule has 1 N–H and O–H groups in total. The third kappa shape index (κ3) is 5.51. The number of nitrogens with one attached hydrogen (secondary N) is 1. The lowest BCUT2D eigenvalue weighted by Gasteiger charge is -2.39. The average molecular weight is 688 g/mol. The number of carbonyl (C=O) groups is 3. The summed E-state index contributed by atoms with van der Waals surface area (Å²) < 4.78 is 20.7. The van der Waals surface area contributed by atoms with Crippen molar-refractivity contribution >= 4 is 52.2 Å². The summed E-state index contributed by atoms with van der Waals surface area (Å²) in [5, 5.41) is 28.0. The summed E-state index contributed by atoms with van der Waals surface area (Å²) in [6, 6.07) is 7.51. The number of carbonyl (C=O) groups excluding carboxylic acids is 3. The number of anilines is 1. The first-order valence-electron chi connectivity index (χ1n) is 14.5. The van der Waals surface area contributed by atoms with E-state index in [0.717, 1.165) is 13.2 Å². The number of rotatable bonds is 9. The molecule has 0 saturated carbocycles. The van der Waals surface area contributed by atoms with E-state index in [9.17, 15) is 34.6 Å². The number of hydrogen-bond donors (Lipinski definition) is 1. The molecule has 2 heterocycles. The number of methoxy groups -OCH3 is 1.